The van der Waals surface area contributed by atoms with E-state index in [0.717, 1.165) is 6.54 Å². The Kier molecular flexibility index (Phi) is 3.10. The second kappa shape index (κ2) is 4.70. The number of aromatic nitrogens is 2. The molecule has 0 bridgehead atoms. The zero-order valence-electron chi connectivity index (χ0n) is 8.94. The average Bonchev–Trinajstić information content (AvgIpc) is 2.30. The largest absolute Gasteiger partial charge is 0.369 e. The summed E-state index contributed by atoms with van der Waals surface area (Å²) in [4.78, 5) is 8.31. The molecule has 4 heteroatoms. The van der Waals surface area contributed by atoms with Gasteiger partial charge in [-0.05, 0) is 19.1 Å². The molecule has 0 unspecified atom stereocenters. The van der Waals surface area contributed by atoms with Crippen LogP contribution in [-0.4, -0.2) is 16.5 Å². The normalized spacial score (nSPS) is 10.1. The number of anilines is 1. The maximum absolute atomic E-state index is 13.5. The number of nitrogens with one attached hydrogen (secondary N) is 1. The van der Waals surface area contributed by atoms with Crippen LogP contribution in [0.25, 0.3) is 11.3 Å². The Hall–Kier alpha value is -1.97. The average molecular weight is 217 g/mol. The molecule has 0 aliphatic carbocycles. The predicted molar refractivity (Wildman–Crippen MR) is 61.6 cm³/mol. The van der Waals surface area contributed by atoms with Crippen molar-refractivity contribution >= 4 is 5.82 Å². The first kappa shape index (κ1) is 10.5. The molecule has 1 aromatic carbocycles. The van der Waals surface area contributed by atoms with E-state index in [1.165, 1.54) is 6.07 Å². The minimum absolute atomic E-state index is 0.287. The Bertz CT molecular complexity index is 485. The first-order chi connectivity index (χ1) is 7.81. The quantitative estimate of drug-likeness (QED) is 0.859. The van der Waals surface area contributed by atoms with Gasteiger partial charge in [0.25, 0.3) is 0 Å². The van der Waals surface area contributed by atoms with Gasteiger partial charge in [-0.1, -0.05) is 12.1 Å². The van der Waals surface area contributed by atoms with Crippen molar-refractivity contribution in [1.29, 1.82) is 0 Å². The third kappa shape index (κ3) is 2.16. The van der Waals surface area contributed by atoms with Crippen LogP contribution in [0.4, 0.5) is 10.2 Å². The number of halogens is 1. The molecule has 2 aromatic rings. The van der Waals surface area contributed by atoms with Crippen molar-refractivity contribution in [2.24, 2.45) is 0 Å². The van der Waals surface area contributed by atoms with Crippen molar-refractivity contribution in [2.75, 3.05) is 11.9 Å². The first-order valence-electron chi connectivity index (χ1n) is 5.12. The molecule has 0 atom stereocenters. The van der Waals surface area contributed by atoms with Crippen molar-refractivity contribution in [3.8, 4) is 11.3 Å². The Balaban J connectivity index is 2.40. The Morgan fingerprint density at radius 1 is 1.25 bits per heavy atom. The summed E-state index contributed by atoms with van der Waals surface area (Å²) in [5.41, 5.74) is 1.01. The highest BCUT2D eigenvalue weighted by atomic mass is 19.1. The van der Waals surface area contributed by atoms with Gasteiger partial charge < -0.3 is 5.32 Å². The van der Waals surface area contributed by atoms with Gasteiger partial charge in [-0.25, -0.2) is 9.37 Å². The number of nitrogens with zero attached hydrogens (tertiary/aromatic N) is 2. The molecular weight excluding hydrogens is 205 g/mol. The molecule has 16 heavy (non-hydrogen) atoms. The van der Waals surface area contributed by atoms with E-state index in [-0.39, 0.29) is 5.82 Å². The van der Waals surface area contributed by atoms with E-state index in [1.54, 1.807) is 30.6 Å². The van der Waals surface area contributed by atoms with Crippen LogP contribution in [0.1, 0.15) is 6.92 Å². The lowest BCUT2D eigenvalue weighted by Crippen LogP contribution is -2.01. The van der Waals surface area contributed by atoms with Crippen LogP contribution in [0.3, 0.4) is 0 Å². The molecule has 1 heterocycles. The summed E-state index contributed by atoms with van der Waals surface area (Å²) < 4.78 is 13.5. The monoisotopic (exact) mass is 217 g/mol. The van der Waals surface area contributed by atoms with Gasteiger partial charge in [0.2, 0.25) is 0 Å². The zero-order chi connectivity index (χ0) is 11.4. The summed E-state index contributed by atoms with van der Waals surface area (Å²) in [6.45, 7) is 2.73. The van der Waals surface area contributed by atoms with Gasteiger partial charge in [0.15, 0.2) is 0 Å². The summed E-state index contributed by atoms with van der Waals surface area (Å²) in [5, 5.41) is 3.04. The van der Waals surface area contributed by atoms with E-state index in [4.69, 9.17) is 0 Å². The van der Waals surface area contributed by atoms with Gasteiger partial charge in [-0.2, -0.15) is 0 Å². The van der Waals surface area contributed by atoms with Gasteiger partial charge in [0, 0.05) is 12.1 Å². The molecule has 2 rings (SSSR count). The standard InChI is InChI=1S/C12H12FN3/c1-2-15-12-8-14-7-11(16-12)9-5-3-4-6-10(9)13/h3-8H,2H2,1H3,(H,15,16). The molecular formula is C12H12FN3. The lowest BCUT2D eigenvalue weighted by atomic mass is 10.1. The number of benzene rings is 1. The minimum atomic E-state index is -0.287. The summed E-state index contributed by atoms with van der Waals surface area (Å²) in [6, 6.07) is 6.53. The predicted octanol–water partition coefficient (Wildman–Crippen LogP) is 2.71. The summed E-state index contributed by atoms with van der Waals surface area (Å²) in [7, 11) is 0. The molecule has 0 radical (unpaired) electrons. The van der Waals surface area contributed by atoms with E-state index in [0.29, 0.717) is 17.1 Å². The topological polar surface area (TPSA) is 37.8 Å². The Labute approximate surface area is 93.4 Å². The van der Waals surface area contributed by atoms with E-state index in [9.17, 15) is 4.39 Å². The summed E-state index contributed by atoms with van der Waals surface area (Å²) in [5.74, 6) is 0.369. The Morgan fingerprint density at radius 2 is 2.06 bits per heavy atom. The molecule has 0 spiro atoms. The number of rotatable bonds is 3. The van der Waals surface area contributed by atoms with Crippen molar-refractivity contribution in [3.63, 3.8) is 0 Å². The molecule has 1 aromatic heterocycles. The molecule has 0 saturated carbocycles. The second-order valence-electron chi connectivity index (χ2n) is 3.30. The van der Waals surface area contributed by atoms with Crippen LogP contribution >= 0.6 is 0 Å². The van der Waals surface area contributed by atoms with Crippen LogP contribution in [0, 0.1) is 5.82 Å². The SMILES string of the molecule is CCNc1cncc(-c2ccccc2F)n1. The summed E-state index contributed by atoms with van der Waals surface area (Å²) >= 11 is 0. The van der Waals surface area contributed by atoms with Crippen molar-refractivity contribution < 1.29 is 4.39 Å². The van der Waals surface area contributed by atoms with Crippen molar-refractivity contribution in [2.45, 2.75) is 6.92 Å². The van der Waals surface area contributed by atoms with Gasteiger partial charge in [0.05, 0.1) is 18.1 Å². The van der Waals surface area contributed by atoms with Gasteiger partial charge in [0.1, 0.15) is 11.6 Å². The van der Waals surface area contributed by atoms with Crippen LogP contribution < -0.4 is 5.32 Å². The van der Waals surface area contributed by atoms with Crippen LogP contribution in [0.2, 0.25) is 0 Å². The van der Waals surface area contributed by atoms with E-state index in [1.807, 2.05) is 6.92 Å². The smallest absolute Gasteiger partial charge is 0.145 e. The van der Waals surface area contributed by atoms with E-state index >= 15 is 0 Å². The van der Waals surface area contributed by atoms with Crippen LogP contribution in [0.5, 0.6) is 0 Å². The summed E-state index contributed by atoms with van der Waals surface area (Å²) in [6.07, 6.45) is 3.17. The second-order valence-corrected chi connectivity index (χ2v) is 3.30. The molecule has 0 saturated heterocycles. The molecule has 3 nitrogen and oxygen atoms in total. The lowest BCUT2D eigenvalue weighted by molar-refractivity contribution is 0.630. The molecule has 0 fully saturated rings. The van der Waals surface area contributed by atoms with Gasteiger partial charge >= 0.3 is 0 Å². The molecule has 0 aliphatic heterocycles. The lowest BCUT2D eigenvalue weighted by Gasteiger charge is -2.05. The van der Waals surface area contributed by atoms with Gasteiger partial charge in [-0.3, -0.25) is 4.98 Å². The maximum atomic E-state index is 13.5. The molecule has 1 N–H and O–H groups in total. The van der Waals surface area contributed by atoms with Crippen molar-refractivity contribution in [3.05, 3.63) is 42.5 Å². The number of hydrogen-bond acceptors (Lipinski definition) is 3. The highest BCUT2D eigenvalue weighted by Crippen LogP contribution is 2.20. The number of hydrogen-bond donors (Lipinski definition) is 1. The van der Waals surface area contributed by atoms with E-state index in [2.05, 4.69) is 15.3 Å². The maximum Gasteiger partial charge on any atom is 0.145 e. The Morgan fingerprint density at radius 3 is 2.81 bits per heavy atom. The fourth-order valence-corrected chi connectivity index (χ4v) is 1.43. The molecule has 82 valence electrons. The minimum Gasteiger partial charge on any atom is -0.369 e. The highest BCUT2D eigenvalue weighted by molar-refractivity contribution is 5.60. The third-order valence-corrected chi connectivity index (χ3v) is 2.14. The van der Waals surface area contributed by atoms with Crippen LogP contribution in [-0.2, 0) is 0 Å². The van der Waals surface area contributed by atoms with Gasteiger partial charge in [-0.15, -0.1) is 0 Å². The first-order valence-corrected chi connectivity index (χ1v) is 5.12. The third-order valence-electron chi connectivity index (χ3n) is 2.14. The fourth-order valence-electron chi connectivity index (χ4n) is 1.43. The highest BCUT2D eigenvalue weighted by Gasteiger charge is 2.06. The molecule has 0 amide bonds. The molecule has 0 aliphatic rings. The van der Waals surface area contributed by atoms with E-state index < -0.39 is 0 Å². The zero-order valence-corrected chi connectivity index (χ0v) is 8.94. The fraction of sp³-hybridized carbons (Fsp3) is 0.167. The van der Waals surface area contributed by atoms with Crippen LogP contribution in [0.15, 0.2) is 36.7 Å². The van der Waals surface area contributed by atoms with Crippen molar-refractivity contribution in [1.82, 2.24) is 9.97 Å².